The molecule has 0 amide bonds. The molecule has 0 bridgehead atoms. The molecule has 3 nitrogen and oxygen atoms in total. The van der Waals surface area contributed by atoms with Crippen LogP contribution in [0.3, 0.4) is 0 Å². The molecule has 64 valence electrons. The molecule has 3 N–H and O–H groups in total. The highest BCUT2D eigenvalue weighted by Gasteiger charge is 2.19. The lowest BCUT2D eigenvalue weighted by Gasteiger charge is -2.31. The average molecular weight is 174 g/mol. The Morgan fingerprint density at radius 3 is 3.00 bits per heavy atom. The highest BCUT2D eigenvalue weighted by Crippen LogP contribution is 2.14. The molecule has 0 radical (unpaired) electrons. The SMILES string of the molecule is NC(=S)N1CCC[C@H](CO)C1. The molecule has 11 heavy (non-hydrogen) atoms. The standard InChI is InChI=1S/C7H14N2OS/c8-7(11)9-3-1-2-6(4-9)5-10/h6,10H,1-5H2,(H2,8,11)/t6-/m0/s1. The van der Waals surface area contributed by atoms with Crippen LogP contribution >= 0.6 is 12.2 Å². The van der Waals surface area contributed by atoms with Gasteiger partial charge in [0.1, 0.15) is 0 Å². The van der Waals surface area contributed by atoms with E-state index in [-0.39, 0.29) is 6.61 Å². The summed E-state index contributed by atoms with van der Waals surface area (Å²) in [5.74, 6) is 0.366. The molecular weight excluding hydrogens is 160 g/mol. The van der Waals surface area contributed by atoms with Gasteiger partial charge in [0.25, 0.3) is 0 Å². The fraction of sp³-hybridized carbons (Fsp3) is 0.857. The summed E-state index contributed by atoms with van der Waals surface area (Å²) >= 11 is 4.84. The number of aliphatic hydroxyl groups is 1. The zero-order chi connectivity index (χ0) is 8.27. The molecule has 1 atom stereocenters. The number of aliphatic hydroxyl groups excluding tert-OH is 1. The molecule has 0 aliphatic carbocycles. The van der Waals surface area contributed by atoms with Crippen molar-refractivity contribution < 1.29 is 5.11 Å². The van der Waals surface area contributed by atoms with E-state index >= 15 is 0 Å². The summed E-state index contributed by atoms with van der Waals surface area (Å²) in [4.78, 5) is 1.96. The van der Waals surface area contributed by atoms with E-state index < -0.39 is 0 Å². The molecule has 0 aromatic heterocycles. The number of nitrogens with two attached hydrogens (primary N) is 1. The Labute approximate surface area is 72.2 Å². The third kappa shape index (κ3) is 2.31. The number of hydrogen-bond donors (Lipinski definition) is 2. The van der Waals surface area contributed by atoms with Crippen LogP contribution in [0.1, 0.15) is 12.8 Å². The van der Waals surface area contributed by atoms with Gasteiger partial charge in [-0.2, -0.15) is 0 Å². The van der Waals surface area contributed by atoms with Gasteiger partial charge in [0, 0.05) is 19.7 Å². The first-order valence-corrected chi connectivity index (χ1v) is 4.30. The highest BCUT2D eigenvalue weighted by molar-refractivity contribution is 7.80. The van der Waals surface area contributed by atoms with Crippen LogP contribution in [0.5, 0.6) is 0 Å². The van der Waals surface area contributed by atoms with Crippen molar-refractivity contribution in [1.29, 1.82) is 0 Å². The predicted octanol–water partition coefficient (Wildman–Crippen LogP) is -0.0657. The zero-order valence-corrected chi connectivity index (χ0v) is 7.31. The molecule has 1 fully saturated rings. The Morgan fingerprint density at radius 2 is 2.45 bits per heavy atom. The number of piperidine rings is 1. The van der Waals surface area contributed by atoms with Crippen molar-refractivity contribution in [2.75, 3.05) is 19.7 Å². The second-order valence-electron chi connectivity index (χ2n) is 2.98. The lowest BCUT2D eigenvalue weighted by atomic mass is 10.00. The van der Waals surface area contributed by atoms with Crippen molar-refractivity contribution in [3.63, 3.8) is 0 Å². The average Bonchev–Trinajstić information content (AvgIpc) is 2.05. The van der Waals surface area contributed by atoms with E-state index in [0.29, 0.717) is 11.0 Å². The van der Waals surface area contributed by atoms with Gasteiger partial charge in [-0.05, 0) is 31.0 Å². The Hall–Kier alpha value is -0.350. The van der Waals surface area contributed by atoms with Gasteiger partial charge < -0.3 is 15.7 Å². The first kappa shape index (κ1) is 8.74. The number of likely N-dealkylation sites (tertiary alicyclic amines) is 1. The highest BCUT2D eigenvalue weighted by atomic mass is 32.1. The van der Waals surface area contributed by atoms with Gasteiger partial charge in [-0.15, -0.1) is 0 Å². The normalized spacial score (nSPS) is 25.2. The van der Waals surface area contributed by atoms with Crippen molar-refractivity contribution in [3.8, 4) is 0 Å². The van der Waals surface area contributed by atoms with E-state index in [0.717, 1.165) is 25.9 Å². The maximum atomic E-state index is 8.88. The summed E-state index contributed by atoms with van der Waals surface area (Å²) in [6.07, 6.45) is 2.18. The lowest BCUT2D eigenvalue weighted by Crippen LogP contribution is -2.43. The quantitative estimate of drug-likeness (QED) is 0.547. The van der Waals surface area contributed by atoms with Crippen LogP contribution in [0.2, 0.25) is 0 Å². The molecule has 1 aliphatic rings. The Kier molecular flexibility index (Phi) is 3.08. The number of hydrogen-bond acceptors (Lipinski definition) is 2. The number of nitrogens with zero attached hydrogens (tertiary/aromatic N) is 1. The predicted molar refractivity (Wildman–Crippen MR) is 48.2 cm³/mol. The minimum absolute atomic E-state index is 0.249. The van der Waals surface area contributed by atoms with Crippen molar-refractivity contribution in [2.24, 2.45) is 11.7 Å². The molecule has 1 heterocycles. The molecule has 1 aliphatic heterocycles. The third-order valence-corrected chi connectivity index (χ3v) is 2.35. The maximum Gasteiger partial charge on any atom is 0.166 e. The third-order valence-electron chi connectivity index (χ3n) is 2.09. The molecule has 0 unspecified atom stereocenters. The van der Waals surface area contributed by atoms with Crippen molar-refractivity contribution >= 4 is 17.3 Å². The number of thiocarbonyl (C=S) groups is 1. The monoisotopic (exact) mass is 174 g/mol. The van der Waals surface area contributed by atoms with E-state index in [1.807, 2.05) is 4.90 Å². The van der Waals surface area contributed by atoms with Gasteiger partial charge in [0.15, 0.2) is 5.11 Å². The molecular formula is C7H14N2OS. The maximum absolute atomic E-state index is 8.88. The van der Waals surface area contributed by atoms with Crippen LogP contribution in [-0.4, -0.2) is 34.8 Å². The topological polar surface area (TPSA) is 49.5 Å². The van der Waals surface area contributed by atoms with Crippen LogP contribution in [0.15, 0.2) is 0 Å². The van der Waals surface area contributed by atoms with Gasteiger partial charge in [-0.25, -0.2) is 0 Å². The van der Waals surface area contributed by atoms with Gasteiger partial charge >= 0.3 is 0 Å². The van der Waals surface area contributed by atoms with E-state index in [4.69, 9.17) is 23.1 Å². The lowest BCUT2D eigenvalue weighted by molar-refractivity contribution is 0.161. The van der Waals surface area contributed by atoms with Gasteiger partial charge in [-0.3, -0.25) is 0 Å². The minimum Gasteiger partial charge on any atom is -0.396 e. The first-order valence-electron chi connectivity index (χ1n) is 3.89. The molecule has 1 rings (SSSR count). The van der Waals surface area contributed by atoms with Crippen LogP contribution in [0.4, 0.5) is 0 Å². The Bertz CT molecular complexity index is 151. The molecule has 4 heteroatoms. The first-order chi connectivity index (χ1) is 5.24. The second kappa shape index (κ2) is 3.88. The summed E-state index contributed by atoms with van der Waals surface area (Å²) in [7, 11) is 0. The Morgan fingerprint density at radius 1 is 1.73 bits per heavy atom. The number of rotatable bonds is 1. The fourth-order valence-electron chi connectivity index (χ4n) is 1.41. The molecule has 0 aromatic carbocycles. The van der Waals surface area contributed by atoms with Crippen molar-refractivity contribution in [2.45, 2.75) is 12.8 Å². The summed E-state index contributed by atoms with van der Waals surface area (Å²) in [5.41, 5.74) is 5.46. The summed E-state index contributed by atoms with van der Waals surface area (Å²) in [6.45, 7) is 2.02. The van der Waals surface area contributed by atoms with Crippen molar-refractivity contribution in [1.82, 2.24) is 4.90 Å². The van der Waals surface area contributed by atoms with E-state index in [1.165, 1.54) is 0 Å². The minimum atomic E-state index is 0.249. The molecule has 0 aromatic rings. The summed E-state index contributed by atoms with van der Waals surface area (Å²) in [6, 6.07) is 0. The summed E-state index contributed by atoms with van der Waals surface area (Å²) in [5, 5.41) is 9.34. The van der Waals surface area contributed by atoms with Gasteiger partial charge in [-0.1, -0.05) is 0 Å². The van der Waals surface area contributed by atoms with E-state index in [9.17, 15) is 0 Å². The second-order valence-corrected chi connectivity index (χ2v) is 3.39. The Balaban J connectivity index is 2.39. The molecule has 0 saturated carbocycles. The molecule has 1 saturated heterocycles. The summed E-state index contributed by atoms with van der Waals surface area (Å²) < 4.78 is 0. The van der Waals surface area contributed by atoms with Gasteiger partial charge in [0.2, 0.25) is 0 Å². The smallest absolute Gasteiger partial charge is 0.166 e. The van der Waals surface area contributed by atoms with E-state index in [2.05, 4.69) is 0 Å². The van der Waals surface area contributed by atoms with Crippen LogP contribution < -0.4 is 5.73 Å². The fourth-order valence-corrected chi connectivity index (χ4v) is 1.58. The van der Waals surface area contributed by atoms with Crippen LogP contribution in [0.25, 0.3) is 0 Å². The molecule has 0 spiro atoms. The van der Waals surface area contributed by atoms with E-state index in [1.54, 1.807) is 0 Å². The van der Waals surface area contributed by atoms with Crippen molar-refractivity contribution in [3.05, 3.63) is 0 Å². The van der Waals surface area contributed by atoms with Crippen LogP contribution in [0, 0.1) is 5.92 Å². The van der Waals surface area contributed by atoms with Gasteiger partial charge in [0.05, 0.1) is 0 Å². The zero-order valence-electron chi connectivity index (χ0n) is 6.49. The van der Waals surface area contributed by atoms with Crippen LogP contribution in [-0.2, 0) is 0 Å². The largest absolute Gasteiger partial charge is 0.396 e.